The lowest BCUT2D eigenvalue weighted by molar-refractivity contribution is -0.140. The molecule has 2 fully saturated rings. The van der Waals surface area contributed by atoms with Crippen LogP contribution in [0.4, 0.5) is 24.5 Å². The number of hydrogen-bond acceptors (Lipinski definition) is 13. The van der Waals surface area contributed by atoms with E-state index in [0.29, 0.717) is 92.4 Å². The first-order chi connectivity index (χ1) is 40.0. The van der Waals surface area contributed by atoms with Crippen molar-refractivity contribution in [3.05, 3.63) is 108 Å². The molecule has 7 rings (SSSR count). The summed E-state index contributed by atoms with van der Waals surface area (Å²) < 4.78 is 70.9. The lowest BCUT2D eigenvalue weighted by Gasteiger charge is -2.40. The molecule has 3 heterocycles. The lowest BCUT2D eigenvalue weighted by Crippen LogP contribution is -2.53. The summed E-state index contributed by atoms with van der Waals surface area (Å²) >= 11 is 0. The van der Waals surface area contributed by atoms with Crippen LogP contribution in [0.3, 0.4) is 0 Å². The molecule has 3 amide bonds. The van der Waals surface area contributed by atoms with Crippen LogP contribution in [-0.4, -0.2) is 177 Å². The molecule has 6 N–H and O–H groups in total. The van der Waals surface area contributed by atoms with E-state index in [-0.39, 0.29) is 87.3 Å². The number of halogens is 3. The molecule has 1 saturated heterocycles. The third-order valence-electron chi connectivity index (χ3n) is 14.8. The van der Waals surface area contributed by atoms with Crippen LogP contribution in [0.25, 0.3) is 10.9 Å². The zero-order chi connectivity index (χ0) is 59.2. The number of ether oxygens (including phenoxy) is 5. The van der Waals surface area contributed by atoms with E-state index in [9.17, 15) is 32.7 Å². The fourth-order valence-electron chi connectivity index (χ4n) is 10.2. The Balaban J connectivity index is 0.717. The van der Waals surface area contributed by atoms with Crippen LogP contribution in [0, 0.1) is 29.1 Å². The van der Waals surface area contributed by atoms with Crippen LogP contribution in [0.1, 0.15) is 91.6 Å². The fourth-order valence-corrected chi connectivity index (χ4v) is 10.2. The second-order valence-electron chi connectivity index (χ2n) is 21.1. The molecule has 18 nitrogen and oxygen atoms in total. The highest BCUT2D eigenvalue weighted by atomic mass is 19.4. The fraction of sp³-hybridized carbons (Fsp3) is 0.484. The number of carbonyl (C=O) groups is 3. The summed E-state index contributed by atoms with van der Waals surface area (Å²) in [5.74, 6) is 11.9. The van der Waals surface area contributed by atoms with E-state index >= 15 is 0 Å². The number of nitrogens with zero attached hydrogens (tertiary/aromatic N) is 4. The van der Waals surface area contributed by atoms with E-state index in [1.807, 2.05) is 43.3 Å². The van der Waals surface area contributed by atoms with Gasteiger partial charge in [-0.1, -0.05) is 55.2 Å². The smallest absolute Gasteiger partial charge is 0.406 e. The number of amides is 3. The Bertz CT molecular complexity index is 3040. The second-order valence-corrected chi connectivity index (χ2v) is 21.1. The van der Waals surface area contributed by atoms with Crippen molar-refractivity contribution in [2.45, 2.75) is 94.6 Å². The number of alkyl halides is 3. The number of likely N-dealkylation sites (tertiary alicyclic amines) is 1. The molecule has 1 aliphatic heterocycles. The molecule has 21 heteroatoms. The summed E-state index contributed by atoms with van der Waals surface area (Å²) in [6.45, 7) is 4.11. The van der Waals surface area contributed by atoms with Crippen molar-refractivity contribution >= 4 is 46.3 Å². The van der Waals surface area contributed by atoms with E-state index in [0.717, 1.165) is 48.2 Å². The highest BCUT2D eigenvalue weighted by Gasteiger charge is 2.37. The van der Waals surface area contributed by atoms with E-state index in [1.165, 1.54) is 17.7 Å². The number of anilines is 2. The van der Waals surface area contributed by atoms with Crippen molar-refractivity contribution in [3.8, 4) is 35.2 Å². The largest absolute Gasteiger partial charge is 0.494 e. The molecule has 0 radical (unpaired) electrons. The molecule has 1 atom stereocenters. The van der Waals surface area contributed by atoms with Gasteiger partial charge in [-0.05, 0) is 118 Å². The monoisotopic (exact) mass is 1150 g/mol. The van der Waals surface area contributed by atoms with Crippen LogP contribution in [0.5, 0.6) is 11.5 Å². The van der Waals surface area contributed by atoms with Gasteiger partial charge in [-0.3, -0.25) is 24.7 Å². The summed E-state index contributed by atoms with van der Waals surface area (Å²) in [6.07, 6.45) is 1.38. The first-order valence-electron chi connectivity index (χ1n) is 28.2. The van der Waals surface area contributed by atoms with Gasteiger partial charge in [0.25, 0.3) is 5.91 Å². The molecule has 2 aromatic heterocycles. The molecule has 2 aliphatic rings. The molecule has 0 bridgehead atoms. The maximum atomic E-state index is 13.8. The van der Waals surface area contributed by atoms with Crippen molar-refractivity contribution in [1.29, 1.82) is 5.41 Å². The Labute approximate surface area is 484 Å². The van der Waals surface area contributed by atoms with Crippen molar-refractivity contribution in [2.75, 3.05) is 111 Å². The van der Waals surface area contributed by atoms with E-state index < -0.39 is 24.2 Å². The first kappa shape index (κ1) is 63.1. The van der Waals surface area contributed by atoms with Gasteiger partial charge in [0, 0.05) is 55.3 Å². The third kappa shape index (κ3) is 19.5. The van der Waals surface area contributed by atoms with Gasteiger partial charge in [0.2, 0.25) is 11.8 Å². The molecule has 83 heavy (non-hydrogen) atoms. The molecule has 446 valence electrons. The highest BCUT2D eigenvalue weighted by molar-refractivity contribution is 5.99. The molecule has 5 aromatic rings. The molecular weight excluding hydrogens is 1070 g/mol. The van der Waals surface area contributed by atoms with E-state index in [1.54, 1.807) is 47.4 Å². The van der Waals surface area contributed by atoms with Crippen LogP contribution in [-0.2, 0) is 30.3 Å². The summed E-state index contributed by atoms with van der Waals surface area (Å²) in [5, 5.41) is 29.5. The topological polar surface area (TPSA) is 208 Å². The number of aromatic nitrogens is 2. The first-order valence-corrected chi connectivity index (χ1v) is 28.2. The zero-order valence-corrected chi connectivity index (χ0v) is 47.9. The molecule has 1 unspecified atom stereocenters. The number of nitrogens with one attached hydrogen (secondary N) is 5. The Kier molecular flexibility index (Phi) is 23.7. The summed E-state index contributed by atoms with van der Waals surface area (Å²) in [7, 11) is 5.72. The van der Waals surface area contributed by atoms with Gasteiger partial charge in [0.1, 0.15) is 30.3 Å². The standard InChI is InChI=1S/C62H78F3N9O9/c1-45(46-11-6-5-7-12-46)39-59(76)72-30-26-61(78,27-31-72)42-73(44-66)60(77)55-24-20-47(70-55)13-8-17-58(75)68-29-32-80-33-34-81-35-36-82-37-38-83-51-23-25-54(57(41-51)79-4)67-28-10-14-50-40-52-53(69-48-18-21-49(22-19-48)71(2)3)15-9-16-56(52)74(50)43-62(63,64)65/h5-7,9,11-12,15-16,20,23-25,40-41,44-45,48-49,66-67,69-70,78H,17-19,21-22,26-39,42-43H2,1-4H3,(H,68,75). The average molecular weight is 1150 g/mol. The molecule has 1 aliphatic carbocycles. The number of piperidine rings is 1. The summed E-state index contributed by atoms with van der Waals surface area (Å²) in [5.41, 5.74) is 2.63. The number of aliphatic hydroxyl groups is 1. The predicted octanol–water partition coefficient (Wildman–Crippen LogP) is 7.87. The molecular formula is C62H78F3N9O9. The lowest BCUT2D eigenvalue weighted by atomic mass is 9.90. The SMILES string of the molecule is COc1cc(OCCOCCOCCOCCNC(=O)CC#Cc2ccc(C(=O)N(C=N)CC3(O)CCN(C(=O)CC(C)c4ccccc4)CC3)[nH]2)ccc1NCC#Cc1cc2c(NC3CCC(N(C)C)CC3)cccc2n1CC(F)(F)F. The van der Waals surface area contributed by atoms with Gasteiger partial charge in [-0.25, -0.2) is 0 Å². The highest BCUT2D eigenvalue weighted by Crippen LogP contribution is 2.34. The normalized spacial score (nSPS) is 16.2. The number of methoxy groups -OCH3 is 1. The van der Waals surface area contributed by atoms with Gasteiger partial charge in [0.05, 0.1) is 101 Å². The minimum Gasteiger partial charge on any atom is -0.494 e. The van der Waals surface area contributed by atoms with Crippen LogP contribution in [0.15, 0.2) is 84.9 Å². The van der Waals surface area contributed by atoms with Crippen molar-refractivity contribution in [2.24, 2.45) is 0 Å². The van der Waals surface area contributed by atoms with E-state index in [2.05, 4.69) is 63.6 Å². The Morgan fingerprint density at radius 2 is 1.58 bits per heavy atom. The quantitative estimate of drug-likeness (QED) is 0.0122. The number of rotatable bonds is 28. The molecule has 0 spiro atoms. The number of carbonyl (C=O) groups excluding carboxylic acids is 3. The van der Waals surface area contributed by atoms with Crippen molar-refractivity contribution < 1.29 is 56.3 Å². The minimum absolute atomic E-state index is 0.0187. The number of hydrogen-bond donors (Lipinski definition) is 6. The Morgan fingerprint density at radius 3 is 2.27 bits per heavy atom. The van der Waals surface area contributed by atoms with Crippen LogP contribution in [0.2, 0.25) is 0 Å². The Morgan fingerprint density at radius 1 is 0.867 bits per heavy atom. The van der Waals surface area contributed by atoms with Crippen molar-refractivity contribution in [1.82, 2.24) is 29.6 Å². The van der Waals surface area contributed by atoms with Gasteiger partial charge < -0.3 is 64.1 Å². The van der Waals surface area contributed by atoms with Crippen LogP contribution >= 0.6 is 0 Å². The van der Waals surface area contributed by atoms with E-state index in [4.69, 9.17) is 29.1 Å². The maximum Gasteiger partial charge on any atom is 0.406 e. The van der Waals surface area contributed by atoms with Gasteiger partial charge in [-0.2, -0.15) is 13.2 Å². The second kappa shape index (κ2) is 31.2. The third-order valence-corrected chi connectivity index (χ3v) is 14.8. The maximum absolute atomic E-state index is 13.8. The number of H-pyrrole nitrogens is 1. The van der Waals surface area contributed by atoms with Gasteiger partial charge in [-0.15, -0.1) is 0 Å². The number of fused-ring (bicyclic) bond motifs is 1. The molecule has 3 aromatic carbocycles. The summed E-state index contributed by atoms with van der Waals surface area (Å²) in [4.78, 5) is 46.7. The molecule has 1 saturated carbocycles. The Hall–Kier alpha value is -7.53. The number of benzene rings is 3. The van der Waals surface area contributed by atoms with Crippen LogP contribution < -0.4 is 25.4 Å². The van der Waals surface area contributed by atoms with Gasteiger partial charge >= 0.3 is 6.18 Å². The van der Waals surface area contributed by atoms with Crippen molar-refractivity contribution in [3.63, 3.8) is 0 Å². The average Bonchev–Trinajstić information content (AvgIpc) is 3.29. The summed E-state index contributed by atoms with van der Waals surface area (Å²) in [6, 6.07) is 26.2. The predicted molar refractivity (Wildman–Crippen MR) is 313 cm³/mol. The zero-order valence-electron chi connectivity index (χ0n) is 47.9. The minimum atomic E-state index is -4.43. The number of aromatic amines is 1. The van der Waals surface area contributed by atoms with Gasteiger partial charge in [0.15, 0.2) is 0 Å².